The summed E-state index contributed by atoms with van der Waals surface area (Å²) in [5.74, 6) is 2.42. The second kappa shape index (κ2) is 5.84. The third kappa shape index (κ3) is 3.03. The lowest BCUT2D eigenvalue weighted by Crippen LogP contribution is -1.79. The molecule has 4 heteroatoms. The fraction of sp³-hybridized carbons (Fsp3) is 0.0625. The first-order valence-electron chi connectivity index (χ1n) is 6.23. The molecule has 3 nitrogen and oxygen atoms in total. The van der Waals surface area contributed by atoms with Gasteiger partial charge in [0.25, 0.3) is 0 Å². The zero-order chi connectivity index (χ0) is 13.8. The molecule has 0 saturated heterocycles. The molecule has 1 heterocycles. The molecule has 0 unspecified atom stereocenters. The van der Waals surface area contributed by atoms with Crippen LogP contribution in [0.3, 0.4) is 0 Å². The maximum Gasteiger partial charge on any atom is 0.205 e. The molecular weight excluding hydrogens is 270 g/mol. The van der Waals surface area contributed by atoms with Gasteiger partial charge < -0.3 is 9.52 Å². The molecule has 0 amide bonds. The number of phenolic OH excluding ortho intramolecular Hbond substituents is 1. The lowest BCUT2D eigenvalue weighted by Gasteiger charge is -1.99. The first-order chi connectivity index (χ1) is 9.81. The van der Waals surface area contributed by atoms with Crippen molar-refractivity contribution < 1.29 is 9.52 Å². The van der Waals surface area contributed by atoms with Gasteiger partial charge in [-0.2, -0.15) is 0 Å². The van der Waals surface area contributed by atoms with Crippen molar-refractivity contribution >= 4 is 11.8 Å². The highest BCUT2D eigenvalue weighted by molar-refractivity contribution is 7.98. The van der Waals surface area contributed by atoms with Gasteiger partial charge in [0.2, 0.25) is 5.89 Å². The topological polar surface area (TPSA) is 46.3 Å². The minimum Gasteiger partial charge on any atom is -0.508 e. The predicted molar refractivity (Wildman–Crippen MR) is 79.6 cm³/mol. The van der Waals surface area contributed by atoms with Gasteiger partial charge in [-0.15, -0.1) is 11.8 Å². The van der Waals surface area contributed by atoms with Gasteiger partial charge in [-0.1, -0.05) is 30.3 Å². The second-order valence-corrected chi connectivity index (χ2v) is 5.32. The standard InChI is InChI=1S/C16H13NO2S/c18-13-6-8-14(9-7-13)20-11-16-17-10-15(19-16)12-4-2-1-3-5-12/h1-10,18H,11H2. The van der Waals surface area contributed by atoms with Crippen LogP contribution in [0.15, 0.2) is 70.1 Å². The number of aromatic hydroxyl groups is 1. The van der Waals surface area contributed by atoms with E-state index in [1.165, 1.54) is 0 Å². The smallest absolute Gasteiger partial charge is 0.205 e. The Morgan fingerprint density at radius 1 is 1.00 bits per heavy atom. The Kier molecular flexibility index (Phi) is 3.74. The number of phenols is 1. The number of oxazole rings is 1. The summed E-state index contributed by atoms with van der Waals surface area (Å²) in [6, 6.07) is 17.0. The summed E-state index contributed by atoms with van der Waals surface area (Å²) >= 11 is 1.62. The first kappa shape index (κ1) is 12.8. The molecule has 1 N–H and O–H groups in total. The van der Waals surface area contributed by atoms with E-state index in [0.29, 0.717) is 11.6 Å². The molecule has 0 aliphatic rings. The number of hydrogen-bond acceptors (Lipinski definition) is 4. The Morgan fingerprint density at radius 3 is 2.50 bits per heavy atom. The van der Waals surface area contributed by atoms with E-state index in [9.17, 15) is 5.11 Å². The summed E-state index contributed by atoms with van der Waals surface area (Å²) in [6.07, 6.45) is 1.75. The van der Waals surface area contributed by atoms with E-state index in [-0.39, 0.29) is 5.75 Å². The lowest BCUT2D eigenvalue weighted by molar-refractivity contribution is 0.475. The van der Waals surface area contributed by atoms with Gasteiger partial charge >= 0.3 is 0 Å². The fourth-order valence-corrected chi connectivity index (χ4v) is 2.55. The van der Waals surface area contributed by atoms with E-state index >= 15 is 0 Å². The highest BCUT2D eigenvalue weighted by atomic mass is 32.2. The van der Waals surface area contributed by atoms with Crippen LogP contribution in [0.2, 0.25) is 0 Å². The van der Waals surface area contributed by atoms with Crippen LogP contribution in [0.1, 0.15) is 5.89 Å². The van der Waals surface area contributed by atoms with E-state index in [2.05, 4.69) is 4.98 Å². The molecule has 1 aromatic heterocycles. The van der Waals surface area contributed by atoms with Crippen LogP contribution in [0.25, 0.3) is 11.3 Å². The molecule has 3 rings (SSSR count). The normalized spacial score (nSPS) is 10.6. The van der Waals surface area contributed by atoms with Crippen LogP contribution in [0.4, 0.5) is 0 Å². The molecular formula is C16H13NO2S. The highest BCUT2D eigenvalue weighted by Gasteiger charge is 2.06. The average Bonchev–Trinajstić information content (AvgIpc) is 2.97. The molecule has 0 radical (unpaired) electrons. The Balaban J connectivity index is 1.67. The largest absolute Gasteiger partial charge is 0.508 e. The number of aromatic nitrogens is 1. The monoisotopic (exact) mass is 283 g/mol. The fourth-order valence-electron chi connectivity index (χ4n) is 1.80. The van der Waals surface area contributed by atoms with E-state index in [4.69, 9.17) is 4.42 Å². The predicted octanol–water partition coefficient (Wildman–Crippen LogP) is 4.34. The third-order valence-corrected chi connectivity index (χ3v) is 3.81. The van der Waals surface area contributed by atoms with Crippen molar-refractivity contribution in [1.82, 2.24) is 4.98 Å². The molecule has 20 heavy (non-hydrogen) atoms. The van der Waals surface area contributed by atoms with Crippen molar-refractivity contribution in [3.05, 3.63) is 66.7 Å². The minimum absolute atomic E-state index is 0.275. The maximum atomic E-state index is 9.23. The Hall–Kier alpha value is -2.20. The number of rotatable bonds is 4. The zero-order valence-corrected chi connectivity index (χ0v) is 11.5. The molecule has 2 aromatic carbocycles. The van der Waals surface area contributed by atoms with E-state index in [0.717, 1.165) is 16.2 Å². The van der Waals surface area contributed by atoms with Gasteiger partial charge in [0.15, 0.2) is 5.76 Å². The summed E-state index contributed by atoms with van der Waals surface area (Å²) < 4.78 is 5.73. The van der Waals surface area contributed by atoms with Gasteiger partial charge in [-0.25, -0.2) is 4.98 Å². The molecule has 0 bridgehead atoms. The Labute approximate surface area is 121 Å². The summed E-state index contributed by atoms with van der Waals surface area (Å²) in [5, 5.41) is 9.23. The van der Waals surface area contributed by atoms with Crippen molar-refractivity contribution in [2.45, 2.75) is 10.6 Å². The molecule has 0 spiro atoms. The Bertz CT molecular complexity index is 677. The van der Waals surface area contributed by atoms with Crippen molar-refractivity contribution in [2.24, 2.45) is 0 Å². The van der Waals surface area contributed by atoms with Crippen molar-refractivity contribution in [3.63, 3.8) is 0 Å². The Morgan fingerprint density at radius 2 is 1.75 bits per heavy atom. The number of benzene rings is 2. The summed E-state index contributed by atoms with van der Waals surface area (Å²) in [6.45, 7) is 0. The second-order valence-electron chi connectivity index (χ2n) is 4.27. The highest BCUT2D eigenvalue weighted by Crippen LogP contribution is 2.26. The van der Waals surface area contributed by atoms with Gasteiger partial charge in [0.05, 0.1) is 11.9 Å². The van der Waals surface area contributed by atoms with Gasteiger partial charge in [-0.3, -0.25) is 0 Å². The van der Waals surface area contributed by atoms with E-state index < -0.39 is 0 Å². The van der Waals surface area contributed by atoms with Crippen LogP contribution in [0, 0.1) is 0 Å². The van der Waals surface area contributed by atoms with Crippen molar-refractivity contribution in [1.29, 1.82) is 0 Å². The molecule has 0 saturated carbocycles. The lowest BCUT2D eigenvalue weighted by atomic mass is 10.2. The first-order valence-corrected chi connectivity index (χ1v) is 7.22. The number of thioether (sulfide) groups is 1. The molecule has 3 aromatic rings. The van der Waals surface area contributed by atoms with Crippen LogP contribution in [-0.2, 0) is 5.75 Å². The summed E-state index contributed by atoms with van der Waals surface area (Å²) in [7, 11) is 0. The third-order valence-electron chi connectivity index (χ3n) is 2.81. The molecule has 0 aliphatic carbocycles. The van der Waals surface area contributed by atoms with Crippen molar-refractivity contribution in [3.8, 4) is 17.1 Å². The van der Waals surface area contributed by atoms with Crippen LogP contribution in [0.5, 0.6) is 5.75 Å². The molecule has 0 aliphatic heterocycles. The van der Waals surface area contributed by atoms with E-state index in [1.807, 2.05) is 42.5 Å². The summed E-state index contributed by atoms with van der Waals surface area (Å²) in [5.41, 5.74) is 1.03. The van der Waals surface area contributed by atoms with Crippen molar-refractivity contribution in [2.75, 3.05) is 0 Å². The summed E-state index contributed by atoms with van der Waals surface area (Å²) in [4.78, 5) is 5.36. The zero-order valence-electron chi connectivity index (χ0n) is 10.7. The quantitative estimate of drug-likeness (QED) is 0.723. The number of nitrogens with zero attached hydrogens (tertiary/aromatic N) is 1. The van der Waals surface area contributed by atoms with Gasteiger partial charge in [0.1, 0.15) is 5.75 Å². The SMILES string of the molecule is Oc1ccc(SCc2ncc(-c3ccccc3)o2)cc1. The van der Waals surface area contributed by atoms with Crippen LogP contribution < -0.4 is 0 Å². The van der Waals surface area contributed by atoms with Crippen LogP contribution in [-0.4, -0.2) is 10.1 Å². The van der Waals surface area contributed by atoms with Gasteiger partial charge in [0, 0.05) is 10.5 Å². The minimum atomic E-state index is 0.275. The van der Waals surface area contributed by atoms with Gasteiger partial charge in [-0.05, 0) is 24.3 Å². The maximum absolute atomic E-state index is 9.23. The average molecular weight is 283 g/mol. The number of hydrogen-bond donors (Lipinski definition) is 1. The molecule has 100 valence electrons. The van der Waals surface area contributed by atoms with E-state index in [1.54, 1.807) is 30.1 Å². The molecule has 0 atom stereocenters. The van der Waals surface area contributed by atoms with Crippen LogP contribution >= 0.6 is 11.8 Å². The molecule has 0 fully saturated rings.